The van der Waals surface area contributed by atoms with E-state index in [1.54, 1.807) is 7.05 Å². The first-order chi connectivity index (χ1) is 15.9. The number of fused-ring (bicyclic) bond motifs is 3. The zero-order chi connectivity index (χ0) is 23.3. The van der Waals surface area contributed by atoms with Gasteiger partial charge >= 0.3 is 12.0 Å². The quantitative estimate of drug-likeness (QED) is 0.572. The van der Waals surface area contributed by atoms with Gasteiger partial charge < -0.3 is 4.74 Å². The SMILES string of the molecule is Cc1c(C)[n+](CCN2CCOCC2)c2n1C1C(=O)N(Cc3ccc(Br)cc3)C(=O)N(C)C1=N2. The van der Waals surface area contributed by atoms with Crippen LogP contribution < -0.4 is 4.57 Å². The van der Waals surface area contributed by atoms with Gasteiger partial charge in [-0.15, -0.1) is 0 Å². The Bertz CT molecular complexity index is 1140. The van der Waals surface area contributed by atoms with E-state index >= 15 is 0 Å². The molecule has 1 aromatic carbocycles. The molecule has 2 fully saturated rings. The van der Waals surface area contributed by atoms with Crippen LogP contribution in [0, 0.1) is 13.8 Å². The van der Waals surface area contributed by atoms with Crippen molar-refractivity contribution in [2.24, 2.45) is 4.99 Å². The summed E-state index contributed by atoms with van der Waals surface area (Å²) >= 11 is 3.43. The molecule has 2 aromatic rings. The Kier molecular flexibility index (Phi) is 5.84. The number of aliphatic imine (C=N–C) groups is 1. The van der Waals surface area contributed by atoms with Crippen molar-refractivity contribution >= 4 is 39.7 Å². The maximum absolute atomic E-state index is 13.6. The predicted molar refractivity (Wildman–Crippen MR) is 125 cm³/mol. The minimum atomic E-state index is -0.624. The molecule has 3 aliphatic rings. The number of likely N-dealkylation sites (N-methyl/N-ethyl adjacent to an activating group) is 1. The minimum absolute atomic E-state index is 0.227. The van der Waals surface area contributed by atoms with Gasteiger partial charge in [-0.05, 0) is 31.5 Å². The van der Waals surface area contributed by atoms with E-state index in [0.717, 1.165) is 66.8 Å². The Morgan fingerprint density at radius 2 is 1.85 bits per heavy atom. The number of rotatable bonds is 5. The van der Waals surface area contributed by atoms with Crippen LogP contribution in [-0.2, 0) is 22.6 Å². The van der Waals surface area contributed by atoms with Gasteiger partial charge in [0.15, 0.2) is 0 Å². The molecule has 10 heteroatoms. The van der Waals surface area contributed by atoms with Gasteiger partial charge in [-0.3, -0.25) is 19.5 Å². The Balaban J connectivity index is 1.45. The maximum Gasteiger partial charge on any atom is 0.402 e. The largest absolute Gasteiger partial charge is 0.402 e. The summed E-state index contributed by atoms with van der Waals surface area (Å²) in [5, 5.41) is 0. The fraction of sp³-hybridized carbons (Fsp3) is 0.478. The number of urea groups is 1. The Morgan fingerprint density at radius 1 is 1.15 bits per heavy atom. The zero-order valence-electron chi connectivity index (χ0n) is 19.1. The molecule has 1 unspecified atom stereocenters. The second-order valence-corrected chi connectivity index (χ2v) is 9.63. The fourth-order valence-corrected chi connectivity index (χ4v) is 5.02. The average Bonchev–Trinajstić information content (AvgIpc) is 3.32. The molecule has 174 valence electrons. The number of imide groups is 1. The molecule has 3 amide bonds. The van der Waals surface area contributed by atoms with E-state index in [0.29, 0.717) is 5.84 Å². The highest BCUT2D eigenvalue weighted by Crippen LogP contribution is 2.35. The normalized spacial score (nSPS) is 20.8. The van der Waals surface area contributed by atoms with Crippen molar-refractivity contribution < 1.29 is 18.9 Å². The molecular formula is C23H28BrN6O3+. The summed E-state index contributed by atoms with van der Waals surface area (Å²) in [6, 6.07) is 6.68. The van der Waals surface area contributed by atoms with Crippen molar-refractivity contribution in [2.75, 3.05) is 39.9 Å². The highest BCUT2D eigenvalue weighted by molar-refractivity contribution is 9.10. The Hall–Kier alpha value is -2.56. The maximum atomic E-state index is 13.6. The molecule has 0 radical (unpaired) electrons. The van der Waals surface area contributed by atoms with E-state index in [2.05, 4.69) is 32.3 Å². The first-order valence-electron chi connectivity index (χ1n) is 11.2. The second-order valence-electron chi connectivity index (χ2n) is 8.71. The summed E-state index contributed by atoms with van der Waals surface area (Å²) in [6.07, 6.45) is 0. The van der Waals surface area contributed by atoms with Crippen LogP contribution in [0.5, 0.6) is 0 Å². The number of hydrogen-bond donors (Lipinski definition) is 0. The Morgan fingerprint density at radius 3 is 2.55 bits per heavy atom. The molecule has 0 saturated carbocycles. The molecule has 9 nitrogen and oxygen atoms in total. The number of imidazole rings is 1. The first-order valence-corrected chi connectivity index (χ1v) is 12.0. The summed E-state index contributed by atoms with van der Waals surface area (Å²) in [4.78, 5) is 36.7. The van der Waals surface area contributed by atoms with E-state index in [1.807, 2.05) is 35.8 Å². The van der Waals surface area contributed by atoms with E-state index < -0.39 is 6.04 Å². The average molecular weight is 516 g/mol. The lowest BCUT2D eigenvalue weighted by atomic mass is 10.1. The van der Waals surface area contributed by atoms with Crippen LogP contribution in [0.1, 0.15) is 23.0 Å². The van der Waals surface area contributed by atoms with Crippen LogP contribution in [0.25, 0.3) is 0 Å². The zero-order valence-corrected chi connectivity index (χ0v) is 20.7. The van der Waals surface area contributed by atoms with E-state index in [9.17, 15) is 9.59 Å². The predicted octanol–water partition coefficient (Wildman–Crippen LogP) is 2.17. The van der Waals surface area contributed by atoms with E-state index in [-0.39, 0.29) is 18.5 Å². The number of ether oxygens (including phenoxy) is 1. The molecule has 1 aromatic heterocycles. The number of amides is 3. The summed E-state index contributed by atoms with van der Waals surface area (Å²) < 4.78 is 10.6. The third-order valence-corrected chi connectivity index (χ3v) is 7.35. The third kappa shape index (κ3) is 3.79. The lowest BCUT2D eigenvalue weighted by Crippen LogP contribution is -2.57. The number of halogens is 1. The number of nitrogens with zero attached hydrogens (tertiary/aromatic N) is 6. The van der Waals surface area contributed by atoms with Crippen LogP contribution in [0.15, 0.2) is 33.7 Å². The minimum Gasteiger partial charge on any atom is -0.379 e. The fourth-order valence-electron chi connectivity index (χ4n) is 4.75. The van der Waals surface area contributed by atoms with Gasteiger partial charge in [0.25, 0.3) is 5.91 Å². The van der Waals surface area contributed by atoms with Crippen LogP contribution in [0.2, 0.25) is 0 Å². The molecular weight excluding hydrogens is 488 g/mol. The first kappa shape index (κ1) is 22.2. The molecule has 0 bridgehead atoms. The standard InChI is InChI=1S/C23H28BrN6O3/c1-15-16(2)30-19-20(25-22(30)28(15)9-8-27-10-12-33-13-11-27)26(3)23(32)29(21(19)31)14-17-4-6-18(24)7-5-17/h4-7,19H,8-14H2,1-3H3/q+1. The number of morpholine rings is 1. The van der Waals surface area contributed by atoms with Crippen LogP contribution >= 0.6 is 15.9 Å². The second kappa shape index (κ2) is 8.66. The molecule has 3 aliphatic heterocycles. The molecule has 33 heavy (non-hydrogen) atoms. The molecule has 4 heterocycles. The van der Waals surface area contributed by atoms with Crippen molar-refractivity contribution in [3.63, 3.8) is 0 Å². The third-order valence-electron chi connectivity index (χ3n) is 6.82. The summed E-state index contributed by atoms with van der Waals surface area (Å²) in [7, 11) is 1.70. The summed E-state index contributed by atoms with van der Waals surface area (Å²) in [5.41, 5.74) is 2.98. The lowest BCUT2D eigenvalue weighted by Gasteiger charge is -2.33. The number of amidine groups is 1. The molecule has 0 N–H and O–H groups in total. The van der Waals surface area contributed by atoms with Gasteiger partial charge in [-0.1, -0.05) is 33.1 Å². The van der Waals surface area contributed by atoms with Gasteiger partial charge in [0.2, 0.25) is 11.9 Å². The van der Waals surface area contributed by atoms with Gasteiger partial charge in [0.1, 0.15) is 11.4 Å². The highest BCUT2D eigenvalue weighted by Gasteiger charge is 2.54. The topological polar surface area (TPSA) is 74.3 Å². The van der Waals surface area contributed by atoms with Crippen LogP contribution in [0.4, 0.5) is 10.7 Å². The van der Waals surface area contributed by atoms with Crippen molar-refractivity contribution in [3.8, 4) is 0 Å². The summed E-state index contributed by atoms with van der Waals surface area (Å²) in [6.45, 7) is 9.34. The van der Waals surface area contributed by atoms with E-state index in [1.165, 1.54) is 9.80 Å². The number of carbonyl (C=O) groups is 2. The lowest BCUT2D eigenvalue weighted by molar-refractivity contribution is -0.688. The number of carbonyl (C=O) groups excluding carboxylic acids is 2. The smallest absolute Gasteiger partial charge is 0.379 e. The van der Waals surface area contributed by atoms with Crippen molar-refractivity contribution in [1.29, 1.82) is 0 Å². The number of hydrogen-bond acceptors (Lipinski definition) is 5. The van der Waals surface area contributed by atoms with Gasteiger partial charge in [0.05, 0.1) is 26.3 Å². The number of aromatic nitrogens is 2. The number of benzene rings is 1. The van der Waals surface area contributed by atoms with Gasteiger partial charge in [-0.25, -0.2) is 13.9 Å². The van der Waals surface area contributed by atoms with Gasteiger partial charge in [-0.2, -0.15) is 0 Å². The van der Waals surface area contributed by atoms with Crippen molar-refractivity contribution in [2.45, 2.75) is 33.0 Å². The van der Waals surface area contributed by atoms with Gasteiger partial charge in [0, 0.05) is 31.2 Å². The molecule has 0 aliphatic carbocycles. The monoisotopic (exact) mass is 515 g/mol. The van der Waals surface area contributed by atoms with Crippen LogP contribution in [-0.4, -0.2) is 76.9 Å². The van der Waals surface area contributed by atoms with Crippen molar-refractivity contribution in [1.82, 2.24) is 19.3 Å². The molecule has 0 spiro atoms. The summed E-state index contributed by atoms with van der Waals surface area (Å²) in [5.74, 6) is 0.990. The molecule has 2 saturated heterocycles. The molecule has 5 rings (SSSR count). The highest BCUT2D eigenvalue weighted by atomic mass is 79.9. The van der Waals surface area contributed by atoms with E-state index in [4.69, 9.17) is 9.73 Å². The Labute approximate surface area is 201 Å². The van der Waals surface area contributed by atoms with Crippen molar-refractivity contribution in [3.05, 3.63) is 45.7 Å². The molecule has 1 atom stereocenters. The van der Waals surface area contributed by atoms with Crippen LogP contribution in [0.3, 0.4) is 0 Å².